The van der Waals surface area contributed by atoms with Crippen LogP contribution in [0.2, 0.25) is 0 Å². The average molecular weight is 163 g/mol. The van der Waals surface area contributed by atoms with Gasteiger partial charge in [0.1, 0.15) is 5.76 Å². The summed E-state index contributed by atoms with van der Waals surface area (Å²) >= 11 is 0. The van der Waals surface area contributed by atoms with E-state index in [0.29, 0.717) is 6.54 Å². The van der Waals surface area contributed by atoms with Gasteiger partial charge in [-0.1, -0.05) is 5.92 Å². The summed E-state index contributed by atoms with van der Waals surface area (Å²) in [7, 11) is 2.00. The van der Waals surface area contributed by atoms with Gasteiger partial charge < -0.3 is 4.42 Å². The topological polar surface area (TPSA) is 16.4 Å². The minimum atomic E-state index is 0.695. The van der Waals surface area contributed by atoms with Gasteiger partial charge in [0.05, 0.1) is 12.8 Å². The molecule has 0 bridgehead atoms. The summed E-state index contributed by atoms with van der Waals surface area (Å²) in [5, 5.41) is 0. The molecule has 0 aliphatic rings. The van der Waals surface area contributed by atoms with Crippen LogP contribution in [0.25, 0.3) is 0 Å². The maximum absolute atomic E-state index is 5.18. The number of likely N-dealkylation sites (N-methyl/N-ethyl adjacent to an activating group) is 1. The van der Waals surface area contributed by atoms with Crippen LogP contribution < -0.4 is 0 Å². The molecule has 0 spiro atoms. The van der Waals surface area contributed by atoms with Crippen molar-refractivity contribution in [2.75, 3.05) is 20.1 Å². The van der Waals surface area contributed by atoms with Gasteiger partial charge in [-0.2, -0.15) is 0 Å². The highest BCUT2D eigenvalue weighted by atomic mass is 16.3. The van der Waals surface area contributed by atoms with E-state index < -0.39 is 0 Å². The second-order valence-corrected chi connectivity index (χ2v) is 2.77. The van der Waals surface area contributed by atoms with E-state index in [2.05, 4.69) is 10.8 Å². The van der Waals surface area contributed by atoms with Crippen molar-refractivity contribution >= 4 is 0 Å². The number of terminal acetylenes is 1. The van der Waals surface area contributed by atoms with Crippen molar-refractivity contribution in [3.8, 4) is 12.3 Å². The van der Waals surface area contributed by atoms with Crippen molar-refractivity contribution in [2.45, 2.75) is 6.42 Å². The van der Waals surface area contributed by atoms with Gasteiger partial charge >= 0.3 is 0 Å². The first-order valence-corrected chi connectivity index (χ1v) is 3.97. The summed E-state index contributed by atoms with van der Waals surface area (Å²) in [5.41, 5.74) is 0. The Hall–Kier alpha value is -1.20. The number of furan rings is 1. The Labute approximate surface area is 73.2 Å². The molecule has 0 fully saturated rings. The molecule has 0 aliphatic heterocycles. The summed E-state index contributed by atoms with van der Waals surface area (Å²) < 4.78 is 5.18. The normalized spacial score (nSPS) is 10.1. The van der Waals surface area contributed by atoms with Crippen LogP contribution in [0.3, 0.4) is 0 Å². The molecular formula is C10H13NO. The Bertz CT molecular complexity index is 245. The van der Waals surface area contributed by atoms with Gasteiger partial charge in [-0.3, -0.25) is 4.90 Å². The second-order valence-electron chi connectivity index (χ2n) is 2.77. The van der Waals surface area contributed by atoms with Gasteiger partial charge in [-0.15, -0.1) is 6.42 Å². The van der Waals surface area contributed by atoms with E-state index in [9.17, 15) is 0 Å². The van der Waals surface area contributed by atoms with Crippen LogP contribution in [0.1, 0.15) is 5.76 Å². The molecule has 1 aromatic rings. The highest BCUT2D eigenvalue weighted by Crippen LogP contribution is 2.01. The van der Waals surface area contributed by atoms with Crippen LogP contribution in [0.15, 0.2) is 22.8 Å². The number of rotatable bonds is 4. The van der Waals surface area contributed by atoms with Crippen LogP contribution in [0, 0.1) is 12.3 Å². The first-order chi connectivity index (χ1) is 5.83. The molecule has 12 heavy (non-hydrogen) atoms. The fourth-order valence-electron chi connectivity index (χ4n) is 0.991. The van der Waals surface area contributed by atoms with Gasteiger partial charge in [-0.05, 0) is 19.2 Å². The molecule has 0 saturated heterocycles. The molecule has 0 unspecified atom stereocenters. The summed E-state index contributed by atoms with van der Waals surface area (Å²) in [6.07, 6.45) is 7.78. The number of nitrogens with zero attached hydrogens (tertiary/aromatic N) is 1. The van der Waals surface area contributed by atoms with Crippen LogP contribution in [-0.4, -0.2) is 25.0 Å². The van der Waals surface area contributed by atoms with Crippen molar-refractivity contribution in [2.24, 2.45) is 0 Å². The first-order valence-electron chi connectivity index (χ1n) is 3.97. The van der Waals surface area contributed by atoms with Crippen LogP contribution in [-0.2, 0) is 6.42 Å². The third-order valence-electron chi connectivity index (χ3n) is 1.68. The van der Waals surface area contributed by atoms with E-state index in [1.807, 2.05) is 19.2 Å². The summed E-state index contributed by atoms with van der Waals surface area (Å²) in [5.74, 6) is 3.61. The van der Waals surface area contributed by atoms with Crippen molar-refractivity contribution in [3.05, 3.63) is 24.2 Å². The Kier molecular flexibility index (Phi) is 3.43. The summed E-state index contributed by atoms with van der Waals surface area (Å²) in [6.45, 7) is 1.64. The third kappa shape index (κ3) is 2.81. The highest BCUT2D eigenvalue weighted by molar-refractivity contribution is 4.98. The molecule has 0 saturated carbocycles. The van der Waals surface area contributed by atoms with Gasteiger partial charge in [0, 0.05) is 13.0 Å². The van der Waals surface area contributed by atoms with Crippen LogP contribution in [0.4, 0.5) is 0 Å². The quantitative estimate of drug-likeness (QED) is 0.624. The van der Waals surface area contributed by atoms with E-state index in [1.54, 1.807) is 6.26 Å². The lowest BCUT2D eigenvalue weighted by molar-refractivity contribution is 0.363. The van der Waals surface area contributed by atoms with Gasteiger partial charge in [-0.25, -0.2) is 0 Å². The number of hydrogen-bond acceptors (Lipinski definition) is 2. The Morgan fingerprint density at radius 3 is 3.08 bits per heavy atom. The maximum atomic E-state index is 5.18. The lowest BCUT2D eigenvalue weighted by Gasteiger charge is -2.10. The molecule has 0 aromatic carbocycles. The van der Waals surface area contributed by atoms with E-state index in [0.717, 1.165) is 18.7 Å². The first kappa shape index (κ1) is 8.89. The van der Waals surface area contributed by atoms with Gasteiger partial charge in [0.2, 0.25) is 0 Å². The predicted octanol–water partition coefficient (Wildman–Crippen LogP) is 1.39. The fourth-order valence-corrected chi connectivity index (χ4v) is 0.991. The summed E-state index contributed by atoms with van der Waals surface area (Å²) in [4.78, 5) is 2.09. The molecule has 1 rings (SSSR count). The molecule has 2 heteroatoms. The lowest BCUT2D eigenvalue weighted by atomic mass is 10.3. The fraction of sp³-hybridized carbons (Fsp3) is 0.400. The zero-order valence-electron chi connectivity index (χ0n) is 7.29. The SMILES string of the molecule is C#CCN(C)CCc1ccco1. The lowest BCUT2D eigenvalue weighted by Crippen LogP contribution is -2.21. The molecule has 2 nitrogen and oxygen atoms in total. The average Bonchev–Trinajstić information content (AvgIpc) is 2.53. The second kappa shape index (κ2) is 4.63. The Morgan fingerprint density at radius 2 is 2.50 bits per heavy atom. The van der Waals surface area contributed by atoms with Crippen molar-refractivity contribution in [1.82, 2.24) is 4.90 Å². The molecular weight excluding hydrogens is 150 g/mol. The molecule has 0 atom stereocenters. The van der Waals surface area contributed by atoms with Crippen molar-refractivity contribution < 1.29 is 4.42 Å². The molecule has 0 aliphatic carbocycles. The van der Waals surface area contributed by atoms with Crippen molar-refractivity contribution in [3.63, 3.8) is 0 Å². The van der Waals surface area contributed by atoms with E-state index >= 15 is 0 Å². The smallest absolute Gasteiger partial charge is 0.105 e. The Morgan fingerprint density at radius 1 is 1.67 bits per heavy atom. The largest absolute Gasteiger partial charge is 0.469 e. The molecule has 64 valence electrons. The molecule has 0 radical (unpaired) electrons. The number of hydrogen-bond donors (Lipinski definition) is 0. The molecule has 1 aromatic heterocycles. The zero-order chi connectivity index (χ0) is 8.81. The van der Waals surface area contributed by atoms with Crippen LogP contribution >= 0.6 is 0 Å². The zero-order valence-corrected chi connectivity index (χ0v) is 7.29. The van der Waals surface area contributed by atoms with E-state index in [4.69, 9.17) is 10.8 Å². The minimum Gasteiger partial charge on any atom is -0.469 e. The third-order valence-corrected chi connectivity index (χ3v) is 1.68. The highest BCUT2D eigenvalue weighted by Gasteiger charge is 1.98. The van der Waals surface area contributed by atoms with E-state index in [1.165, 1.54) is 0 Å². The van der Waals surface area contributed by atoms with Gasteiger partial charge in [0.15, 0.2) is 0 Å². The predicted molar refractivity (Wildman–Crippen MR) is 48.7 cm³/mol. The Balaban J connectivity index is 2.23. The van der Waals surface area contributed by atoms with Crippen molar-refractivity contribution in [1.29, 1.82) is 0 Å². The summed E-state index contributed by atoms with van der Waals surface area (Å²) in [6, 6.07) is 3.88. The van der Waals surface area contributed by atoms with Crippen LogP contribution in [0.5, 0.6) is 0 Å². The van der Waals surface area contributed by atoms with E-state index in [-0.39, 0.29) is 0 Å². The molecule has 1 heterocycles. The minimum absolute atomic E-state index is 0.695. The standard InChI is InChI=1S/C10H13NO/c1-3-7-11(2)8-6-10-5-4-9-12-10/h1,4-5,9H,6-8H2,2H3. The maximum Gasteiger partial charge on any atom is 0.105 e. The molecule has 0 N–H and O–H groups in total. The molecule has 0 amide bonds. The monoisotopic (exact) mass is 163 g/mol. The van der Waals surface area contributed by atoms with Gasteiger partial charge in [0.25, 0.3) is 0 Å².